The Kier molecular flexibility index (Phi) is 5.57. The highest BCUT2D eigenvalue weighted by Crippen LogP contribution is 2.26. The summed E-state index contributed by atoms with van der Waals surface area (Å²) in [5, 5.41) is 0.227. The van der Waals surface area contributed by atoms with Gasteiger partial charge in [0.1, 0.15) is 12.0 Å². The van der Waals surface area contributed by atoms with Crippen molar-refractivity contribution in [3.63, 3.8) is 0 Å². The van der Waals surface area contributed by atoms with E-state index in [0.717, 1.165) is 0 Å². The summed E-state index contributed by atoms with van der Waals surface area (Å²) >= 11 is 5.91. The molecule has 0 saturated heterocycles. The molecule has 1 rings (SSSR count). The summed E-state index contributed by atoms with van der Waals surface area (Å²) in [6, 6.07) is 4.46. The van der Waals surface area contributed by atoms with E-state index < -0.39 is 12.0 Å². The second-order valence-electron chi connectivity index (χ2n) is 3.38. The van der Waals surface area contributed by atoms with Crippen LogP contribution in [0.5, 0.6) is 5.75 Å². The highest BCUT2D eigenvalue weighted by molar-refractivity contribution is 6.32. The van der Waals surface area contributed by atoms with Crippen LogP contribution in [-0.4, -0.2) is 32.0 Å². The molecule has 18 heavy (non-hydrogen) atoms. The Balaban J connectivity index is 2.86. The Morgan fingerprint density at radius 3 is 2.83 bits per heavy atom. The number of halogens is 1. The summed E-state index contributed by atoms with van der Waals surface area (Å²) in [6.45, 7) is 0.0226. The van der Waals surface area contributed by atoms with Crippen LogP contribution in [0.25, 0.3) is 0 Å². The predicted octanol–water partition coefficient (Wildman–Crippen LogP) is 0.536. The number of hydrogen-bond acceptors (Lipinski definition) is 5. The first-order chi connectivity index (χ1) is 8.62. The number of rotatable bonds is 6. The lowest BCUT2D eigenvalue weighted by atomic mass is 10.2. The molecule has 3 N–H and O–H groups in total. The number of amides is 1. The molecule has 0 spiro atoms. The predicted molar refractivity (Wildman–Crippen MR) is 65.5 cm³/mol. The molecular formula is C11H13ClN2O4. The normalized spacial score (nSPS) is 11.7. The smallest absolute Gasteiger partial charge is 0.277 e. The van der Waals surface area contributed by atoms with Gasteiger partial charge in [-0.05, 0) is 18.2 Å². The van der Waals surface area contributed by atoms with Gasteiger partial charge in [0.15, 0.2) is 0 Å². The van der Waals surface area contributed by atoms with Gasteiger partial charge in [-0.15, -0.1) is 0 Å². The highest BCUT2D eigenvalue weighted by atomic mass is 35.5. The van der Waals surface area contributed by atoms with Gasteiger partial charge in [0.25, 0.3) is 5.91 Å². The Morgan fingerprint density at radius 2 is 2.33 bits per heavy atom. The summed E-state index contributed by atoms with van der Waals surface area (Å²) in [4.78, 5) is 21.9. The topological polar surface area (TPSA) is 90.6 Å². The van der Waals surface area contributed by atoms with Gasteiger partial charge in [0.2, 0.25) is 6.10 Å². The van der Waals surface area contributed by atoms with Crippen molar-refractivity contribution < 1.29 is 19.1 Å². The van der Waals surface area contributed by atoms with Crippen molar-refractivity contribution in [3.05, 3.63) is 28.8 Å². The number of ether oxygens (including phenoxy) is 2. The largest absolute Gasteiger partial charge is 0.477 e. The van der Waals surface area contributed by atoms with Crippen LogP contribution in [0.1, 0.15) is 10.4 Å². The summed E-state index contributed by atoms with van der Waals surface area (Å²) in [5.74, 6) is 4.76. The van der Waals surface area contributed by atoms with E-state index in [1.54, 1.807) is 0 Å². The van der Waals surface area contributed by atoms with Gasteiger partial charge in [0, 0.05) is 12.7 Å². The van der Waals surface area contributed by atoms with Crippen molar-refractivity contribution in [2.24, 2.45) is 5.84 Å². The molecule has 0 aliphatic carbocycles. The molecule has 0 radical (unpaired) electrons. The third-order valence-corrected chi connectivity index (χ3v) is 2.41. The monoisotopic (exact) mass is 272 g/mol. The maximum atomic E-state index is 11.4. The fraction of sp³-hybridized carbons (Fsp3) is 0.273. The fourth-order valence-corrected chi connectivity index (χ4v) is 1.48. The van der Waals surface area contributed by atoms with E-state index in [1.807, 2.05) is 5.43 Å². The molecule has 0 bridgehead atoms. The van der Waals surface area contributed by atoms with Crippen LogP contribution in [0.15, 0.2) is 18.2 Å². The molecule has 1 unspecified atom stereocenters. The molecule has 7 heteroatoms. The van der Waals surface area contributed by atoms with Gasteiger partial charge in [0.05, 0.1) is 11.6 Å². The molecule has 1 aromatic rings. The third-order valence-electron chi connectivity index (χ3n) is 2.11. The minimum Gasteiger partial charge on any atom is -0.477 e. The molecule has 1 amide bonds. The lowest BCUT2D eigenvalue weighted by molar-refractivity contribution is -0.130. The average molecular weight is 273 g/mol. The molecule has 1 atom stereocenters. The summed E-state index contributed by atoms with van der Waals surface area (Å²) in [5.41, 5.74) is 2.38. The molecule has 0 fully saturated rings. The Labute approximate surface area is 109 Å². The van der Waals surface area contributed by atoms with E-state index >= 15 is 0 Å². The quantitative estimate of drug-likeness (QED) is 0.341. The fourth-order valence-electron chi connectivity index (χ4n) is 1.25. The van der Waals surface area contributed by atoms with Gasteiger partial charge < -0.3 is 9.47 Å². The van der Waals surface area contributed by atoms with Gasteiger partial charge >= 0.3 is 0 Å². The Morgan fingerprint density at radius 1 is 1.61 bits per heavy atom. The SMILES string of the molecule is COCC(Oc1ccc(C=O)cc1Cl)C(=O)NN. The average Bonchev–Trinajstić information content (AvgIpc) is 2.39. The van der Waals surface area contributed by atoms with E-state index in [1.165, 1.54) is 25.3 Å². The van der Waals surface area contributed by atoms with Crippen LogP contribution in [0.4, 0.5) is 0 Å². The maximum absolute atomic E-state index is 11.4. The van der Waals surface area contributed by atoms with Crippen LogP contribution in [0.2, 0.25) is 5.02 Å². The molecule has 0 saturated carbocycles. The number of nitrogens with one attached hydrogen (secondary N) is 1. The van der Waals surface area contributed by atoms with Crippen molar-refractivity contribution >= 4 is 23.8 Å². The number of hydrazine groups is 1. The molecule has 0 aliphatic rings. The number of carbonyl (C=O) groups is 2. The lowest BCUT2D eigenvalue weighted by Gasteiger charge is -2.17. The summed E-state index contributed by atoms with van der Waals surface area (Å²) < 4.78 is 10.2. The molecule has 6 nitrogen and oxygen atoms in total. The van der Waals surface area contributed by atoms with Gasteiger partial charge in [-0.2, -0.15) is 0 Å². The van der Waals surface area contributed by atoms with Gasteiger partial charge in [-0.3, -0.25) is 15.0 Å². The van der Waals surface area contributed by atoms with Gasteiger partial charge in [-0.1, -0.05) is 11.6 Å². The standard InChI is InChI=1S/C11H13ClN2O4/c1-17-6-10(11(16)14-13)18-9-3-2-7(5-15)4-8(9)12/h2-5,10H,6,13H2,1H3,(H,14,16). The van der Waals surface area contributed by atoms with Gasteiger partial charge in [-0.25, -0.2) is 5.84 Å². The van der Waals surface area contributed by atoms with E-state index in [-0.39, 0.29) is 17.4 Å². The van der Waals surface area contributed by atoms with Crippen LogP contribution in [0.3, 0.4) is 0 Å². The third kappa shape index (κ3) is 3.69. The molecular weight excluding hydrogens is 260 g/mol. The van der Waals surface area contributed by atoms with E-state index in [4.69, 9.17) is 26.9 Å². The molecule has 0 aromatic heterocycles. The first-order valence-corrected chi connectivity index (χ1v) is 5.41. The minimum atomic E-state index is -0.917. The number of nitrogens with two attached hydrogens (primary N) is 1. The van der Waals surface area contributed by atoms with E-state index in [9.17, 15) is 9.59 Å². The van der Waals surface area contributed by atoms with Crippen molar-refractivity contribution in [3.8, 4) is 5.75 Å². The zero-order chi connectivity index (χ0) is 13.5. The number of aldehydes is 1. The zero-order valence-electron chi connectivity index (χ0n) is 9.68. The van der Waals surface area contributed by atoms with Crippen molar-refractivity contribution in [2.45, 2.75) is 6.10 Å². The first-order valence-electron chi connectivity index (χ1n) is 5.03. The van der Waals surface area contributed by atoms with Crippen molar-refractivity contribution in [2.75, 3.05) is 13.7 Å². The number of hydrogen-bond donors (Lipinski definition) is 2. The van der Waals surface area contributed by atoms with Crippen LogP contribution in [0, 0.1) is 0 Å². The summed E-state index contributed by atoms with van der Waals surface area (Å²) in [7, 11) is 1.43. The number of methoxy groups -OCH3 is 1. The van der Waals surface area contributed by atoms with Crippen LogP contribution < -0.4 is 16.0 Å². The number of benzene rings is 1. The summed E-state index contributed by atoms with van der Waals surface area (Å²) in [6.07, 6.45) is -0.255. The number of carbonyl (C=O) groups excluding carboxylic acids is 2. The zero-order valence-corrected chi connectivity index (χ0v) is 10.4. The highest BCUT2D eigenvalue weighted by Gasteiger charge is 2.20. The molecule has 0 heterocycles. The maximum Gasteiger partial charge on any atom is 0.277 e. The van der Waals surface area contributed by atoms with E-state index in [0.29, 0.717) is 11.8 Å². The minimum absolute atomic E-state index is 0.0226. The van der Waals surface area contributed by atoms with Crippen LogP contribution >= 0.6 is 11.6 Å². The lowest BCUT2D eigenvalue weighted by Crippen LogP contribution is -2.44. The Bertz CT molecular complexity index is 439. The first kappa shape index (κ1) is 14.4. The molecule has 0 aliphatic heterocycles. The molecule has 1 aromatic carbocycles. The Hall–Kier alpha value is -1.63. The molecule has 98 valence electrons. The van der Waals surface area contributed by atoms with Crippen molar-refractivity contribution in [1.82, 2.24) is 5.43 Å². The second-order valence-corrected chi connectivity index (χ2v) is 3.79. The van der Waals surface area contributed by atoms with E-state index in [2.05, 4.69) is 0 Å². The second kappa shape index (κ2) is 6.95. The van der Waals surface area contributed by atoms with Crippen LogP contribution in [-0.2, 0) is 9.53 Å². The van der Waals surface area contributed by atoms with Crippen molar-refractivity contribution in [1.29, 1.82) is 0 Å².